The van der Waals surface area contributed by atoms with Gasteiger partial charge in [0.1, 0.15) is 0 Å². The van der Waals surface area contributed by atoms with Crippen molar-refractivity contribution in [1.82, 2.24) is 0 Å². The summed E-state index contributed by atoms with van der Waals surface area (Å²) in [7, 11) is 0. The lowest BCUT2D eigenvalue weighted by Crippen LogP contribution is -2.34. The summed E-state index contributed by atoms with van der Waals surface area (Å²) in [6.07, 6.45) is 0.445. The van der Waals surface area contributed by atoms with Crippen molar-refractivity contribution in [3.63, 3.8) is 0 Å². The highest BCUT2D eigenvalue weighted by Crippen LogP contribution is 2.49. The van der Waals surface area contributed by atoms with Crippen LogP contribution in [0, 0.1) is 23.5 Å². The lowest BCUT2D eigenvalue weighted by Gasteiger charge is -2.18. The van der Waals surface area contributed by atoms with Crippen molar-refractivity contribution in [3.05, 3.63) is 29.3 Å². The number of anilines is 1. The SMILES string of the molecule is O=C(O)c1cc(F)c(F)cc1N1C(=O)C2CC2C1=O. The molecule has 0 aromatic heterocycles. The second kappa shape index (κ2) is 3.59. The molecule has 3 rings (SSSR count). The van der Waals surface area contributed by atoms with Gasteiger partial charge in [0.15, 0.2) is 11.6 Å². The van der Waals surface area contributed by atoms with Crippen LogP contribution < -0.4 is 4.90 Å². The summed E-state index contributed by atoms with van der Waals surface area (Å²) in [6.45, 7) is 0. The van der Waals surface area contributed by atoms with E-state index in [1.165, 1.54) is 0 Å². The zero-order valence-electron chi connectivity index (χ0n) is 9.39. The molecule has 1 saturated heterocycles. The van der Waals surface area contributed by atoms with Gasteiger partial charge in [-0.05, 0) is 12.5 Å². The largest absolute Gasteiger partial charge is 0.478 e. The molecule has 7 heteroatoms. The van der Waals surface area contributed by atoms with Crippen LogP contribution in [0.2, 0.25) is 0 Å². The van der Waals surface area contributed by atoms with E-state index in [9.17, 15) is 23.2 Å². The number of nitrogens with zero attached hydrogens (tertiary/aromatic N) is 1. The quantitative estimate of drug-likeness (QED) is 0.816. The first kappa shape index (κ1) is 11.8. The highest BCUT2D eigenvalue weighted by molar-refractivity contribution is 6.26. The van der Waals surface area contributed by atoms with Crippen molar-refractivity contribution < 1.29 is 28.3 Å². The molecule has 19 heavy (non-hydrogen) atoms. The summed E-state index contributed by atoms with van der Waals surface area (Å²) in [5.41, 5.74) is -1.02. The molecule has 0 spiro atoms. The van der Waals surface area contributed by atoms with E-state index in [1.54, 1.807) is 0 Å². The third-order valence-electron chi connectivity index (χ3n) is 3.38. The number of imide groups is 1. The fourth-order valence-electron chi connectivity index (χ4n) is 2.31. The summed E-state index contributed by atoms with van der Waals surface area (Å²) < 4.78 is 26.3. The molecular formula is C12H7F2NO4. The third kappa shape index (κ3) is 1.54. The number of rotatable bonds is 2. The fourth-order valence-corrected chi connectivity index (χ4v) is 2.31. The first-order valence-corrected chi connectivity index (χ1v) is 5.52. The third-order valence-corrected chi connectivity index (χ3v) is 3.38. The van der Waals surface area contributed by atoms with Crippen molar-refractivity contribution >= 4 is 23.5 Å². The molecule has 2 fully saturated rings. The zero-order chi connectivity index (χ0) is 13.9. The molecule has 0 bridgehead atoms. The molecule has 1 aromatic carbocycles. The number of hydrogen-bond acceptors (Lipinski definition) is 3. The Labute approximate surface area is 105 Å². The molecule has 0 radical (unpaired) electrons. The summed E-state index contributed by atoms with van der Waals surface area (Å²) in [6, 6.07) is 1.04. The molecule has 2 aliphatic rings. The van der Waals surface area contributed by atoms with E-state index in [2.05, 4.69) is 0 Å². The van der Waals surface area contributed by atoms with Gasteiger partial charge < -0.3 is 5.11 Å². The van der Waals surface area contributed by atoms with Crippen LogP contribution in [0.1, 0.15) is 16.8 Å². The first-order chi connectivity index (χ1) is 8.91. The Morgan fingerprint density at radius 3 is 2.21 bits per heavy atom. The lowest BCUT2D eigenvalue weighted by atomic mass is 10.1. The van der Waals surface area contributed by atoms with Gasteiger partial charge in [-0.3, -0.25) is 9.59 Å². The lowest BCUT2D eigenvalue weighted by molar-refractivity contribution is -0.123. The molecule has 1 saturated carbocycles. The number of amides is 2. The Kier molecular flexibility index (Phi) is 2.23. The Bertz CT molecular complexity index is 623. The van der Waals surface area contributed by atoms with E-state index in [4.69, 9.17) is 5.11 Å². The van der Waals surface area contributed by atoms with Crippen LogP contribution in [0.3, 0.4) is 0 Å². The average molecular weight is 267 g/mol. The number of hydrogen-bond donors (Lipinski definition) is 1. The maximum Gasteiger partial charge on any atom is 0.337 e. The Morgan fingerprint density at radius 2 is 1.68 bits per heavy atom. The van der Waals surface area contributed by atoms with Gasteiger partial charge in [0.25, 0.3) is 0 Å². The van der Waals surface area contributed by atoms with Crippen molar-refractivity contribution in [2.75, 3.05) is 4.90 Å². The molecule has 1 N–H and O–H groups in total. The molecule has 1 aliphatic carbocycles. The summed E-state index contributed by atoms with van der Waals surface area (Å²) in [5, 5.41) is 8.95. The second-order valence-electron chi connectivity index (χ2n) is 4.55. The molecular weight excluding hydrogens is 260 g/mol. The van der Waals surface area contributed by atoms with Crippen LogP contribution in [0.4, 0.5) is 14.5 Å². The van der Waals surface area contributed by atoms with E-state index in [1.807, 2.05) is 0 Å². The maximum absolute atomic E-state index is 13.2. The normalized spacial score (nSPS) is 24.6. The van der Waals surface area contributed by atoms with Crippen LogP contribution in [0.15, 0.2) is 12.1 Å². The fraction of sp³-hybridized carbons (Fsp3) is 0.250. The van der Waals surface area contributed by atoms with E-state index >= 15 is 0 Å². The number of carbonyl (C=O) groups is 3. The van der Waals surface area contributed by atoms with E-state index in [0.717, 1.165) is 0 Å². The van der Waals surface area contributed by atoms with E-state index in [-0.39, 0.29) is 0 Å². The maximum atomic E-state index is 13.2. The Balaban J connectivity index is 2.14. The Morgan fingerprint density at radius 1 is 1.16 bits per heavy atom. The number of halogens is 2. The Hall–Kier alpha value is -2.31. The molecule has 98 valence electrons. The standard InChI is InChI=1S/C12H7F2NO4/c13-7-2-6(12(18)19)9(3-8(7)14)15-10(16)4-1-5(4)11(15)17/h2-5H,1H2,(H,18,19). The predicted octanol–water partition coefficient (Wildman–Crippen LogP) is 1.17. The van der Waals surface area contributed by atoms with Crippen molar-refractivity contribution in [2.24, 2.45) is 11.8 Å². The number of carbonyl (C=O) groups excluding carboxylic acids is 2. The second-order valence-corrected chi connectivity index (χ2v) is 4.55. The van der Waals surface area contributed by atoms with Crippen molar-refractivity contribution in [2.45, 2.75) is 6.42 Å². The van der Waals surface area contributed by atoms with Crippen LogP contribution in [0.25, 0.3) is 0 Å². The van der Waals surface area contributed by atoms with Gasteiger partial charge in [0.05, 0.1) is 23.1 Å². The molecule has 2 unspecified atom stereocenters. The van der Waals surface area contributed by atoms with Crippen molar-refractivity contribution in [3.8, 4) is 0 Å². The van der Waals surface area contributed by atoms with Crippen molar-refractivity contribution in [1.29, 1.82) is 0 Å². The number of carboxylic acid groups (broad SMARTS) is 1. The minimum Gasteiger partial charge on any atom is -0.478 e. The number of carboxylic acids is 1. The first-order valence-electron chi connectivity index (χ1n) is 5.52. The molecule has 1 aliphatic heterocycles. The summed E-state index contributed by atoms with van der Waals surface area (Å²) >= 11 is 0. The minimum atomic E-state index is -1.53. The van der Waals surface area contributed by atoms with Crippen LogP contribution in [0.5, 0.6) is 0 Å². The molecule has 1 heterocycles. The predicted molar refractivity (Wildman–Crippen MR) is 57.4 cm³/mol. The highest BCUT2D eigenvalue weighted by atomic mass is 19.2. The molecule has 2 atom stereocenters. The number of piperidine rings is 1. The van der Waals surface area contributed by atoms with Gasteiger partial charge >= 0.3 is 5.97 Å². The zero-order valence-corrected chi connectivity index (χ0v) is 9.39. The monoisotopic (exact) mass is 267 g/mol. The smallest absolute Gasteiger partial charge is 0.337 e. The van der Waals surface area contributed by atoms with Gasteiger partial charge in [-0.2, -0.15) is 0 Å². The van der Waals surface area contributed by atoms with E-state index < -0.39 is 52.5 Å². The number of aromatic carboxylic acids is 1. The average Bonchev–Trinajstić information content (AvgIpc) is 3.08. The molecule has 2 amide bonds. The van der Waals surface area contributed by atoms with E-state index in [0.29, 0.717) is 23.5 Å². The molecule has 1 aromatic rings. The van der Waals surface area contributed by atoms with Gasteiger partial charge in [-0.1, -0.05) is 0 Å². The highest BCUT2D eigenvalue weighted by Gasteiger charge is 2.59. The van der Waals surface area contributed by atoms with Gasteiger partial charge in [-0.15, -0.1) is 0 Å². The van der Waals surface area contributed by atoms with Gasteiger partial charge in [0, 0.05) is 6.07 Å². The van der Waals surface area contributed by atoms with Gasteiger partial charge in [0.2, 0.25) is 11.8 Å². The molecule has 5 nitrogen and oxygen atoms in total. The van der Waals surface area contributed by atoms with Crippen LogP contribution in [-0.4, -0.2) is 22.9 Å². The van der Waals surface area contributed by atoms with Gasteiger partial charge in [-0.25, -0.2) is 18.5 Å². The number of benzene rings is 1. The minimum absolute atomic E-state index is 0.409. The van der Waals surface area contributed by atoms with Crippen LogP contribution >= 0.6 is 0 Å². The number of fused-ring (bicyclic) bond motifs is 1. The summed E-state index contributed by atoms with van der Waals surface area (Å²) in [4.78, 5) is 35.3. The summed E-state index contributed by atoms with van der Waals surface area (Å²) in [5.74, 6) is -6.17. The van der Waals surface area contributed by atoms with Crippen LogP contribution in [-0.2, 0) is 9.59 Å². The topological polar surface area (TPSA) is 74.7 Å².